The Hall–Kier alpha value is -1.20. The molecule has 0 fully saturated rings. The second-order valence-electron chi connectivity index (χ2n) is 2.76. The summed E-state index contributed by atoms with van der Waals surface area (Å²) in [5.74, 6) is 1.13. The van der Waals surface area contributed by atoms with Crippen molar-refractivity contribution >= 4 is 7.32 Å². The number of ether oxygens (including phenoxy) is 1. The third kappa shape index (κ3) is 3.68. The smallest absolute Gasteiger partial charge is 0.512 e. The molecule has 0 atom stereocenters. The maximum Gasteiger partial charge on any atom is 0.707 e. The first kappa shape index (κ1) is 10.9. The van der Waals surface area contributed by atoms with E-state index in [-0.39, 0.29) is 0 Å². The van der Waals surface area contributed by atoms with Gasteiger partial charge in [-0.15, -0.1) is 0 Å². The van der Waals surface area contributed by atoms with Crippen molar-refractivity contribution in [1.82, 2.24) is 0 Å². The summed E-state index contributed by atoms with van der Waals surface area (Å²) in [7, 11) is -1.78. The van der Waals surface area contributed by atoms with Gasteiger partial charge >= 0.3 is 7.32 Å². The fraction of sp³-hybridized carbons (Fsp3) is 0.333. The van der Waals surface area contributed by atoms with Crippen molar-refractivity contribution < 1.29 is 19.4 Å². The summed E-state index contributed by atoms with van der Waals surface area (Å²) in [4.78, 5) is 0. The van der Waals surface area contributed by atoms with Gasteiger partial charge in [-0.1, -0.05) is 6.92 Å². The molecule has 76 valence electrons. The third-order valence-electron chi connectivity index (χ3n) is 1.54. The second-order valence-corrected chi connectivity index (χ2v) is 2.76. The summed E-state index contributed by atoms with van der Waals surface area (Å²) in [5, 5.41) is 17.0. The molecule has 5 heteroatoms. The summed E-state index contributed by atoms with van der Waals surface area (Å²) in [6.07, 6.45) is 0.952. The third-order valence-corrected chi connectivity index (χ3v) is 1.54. The maximum absolute atomic E-state index is 8.52. The van der Waals surface area contributed by atoms with Gasteiger partial charge in [0.1, 0.15) is 11.5 Å². The number of hydrogen-bond acceptors (Lipinski definition) is 4. The van der Waals surface area contributed by atoms with E-state index in [1.807, 2.05) is 6.92 Å². The topological polar surface area (TPSA) is 58.9 Å². The molecule has 1 aromatic rings. The molecule has 0 heterocycles. The Balaban J connectivity index is 2.50. The van der Waals surface area contributed by atoms with Crippen LogP contribution in [0.3, 0.4) is 0 Å². The minimum Gasteiger partial charge on any atom is -0.512 e. The molecule has 0 saturated heterocycles. The van der Waals surface area contributed by atoms with E-state index in [0.717, 1.165) is 12.2 Å². The van der Waals surface area contributed by atoms with Gasteiger partial charge in [0.15, 0.2) is 0 Å². The van der Waals surface area contributed by atoms with Crippen LogP contribution in [0.25, 0.3) is 0 Å². The molecule has 2 N–H and O–H groups in total. The van der Waals surface area contributed by atoms with Crippen molar-refractivity contribution in [1.29, 1.82) is 0 Å². The molecule has 0 saturated carbocycles. The summed E-state index contributed by atoms with van der Waals surface area (Å²) < 4.78 is 9.96. The molecule has 14 heavy (non-hydrogen) atoms. The number of benzene rings is 1. The highest BCUT2D eigenvalue weighted by molar-refractivity contribution is 6.33. The van der Waals surface area contributed by atoms with Gasteiger partial charge in [-0.3, -0.25) is 0 Å². The lowest BCUT2D eigenvalue weighted by atomic mass is 10.2. The van der Waals surface area contributed by atoms with Gasteiger partial charge in [0.25, 0.3) is 0 Å². The Morgan fingerprint density at radius 1 is 1.14 bits per heavy atom. The van der Waals surface area contributed by atoms with Crippen LogP contribution < -0.4 is 9.39 Å². The van der Waals surface area contributed by atoms with Crippen LogP contribution in [0, 0.1) is 0 Å². The first-order valence-electron chi connectivity index (χ1n) is 4.48. The lowest BCUT2D eigenvalue weighted by molar-refractivity contribution is 0.287. The van der Waals surface area contributed by atoms with Crippen LogP contribution in [0.15, 0.2) is 24.3 Å². The van der Waals surface area contributed by atoms with Crippen LogP contribution in [0.4, 0.5) is 0 Å². The van der Waals surface area contributed by atoms with Crippen LogP contribution in [-0.4, -0.2) is 24.0 Å². The summed E-state index contributed by atoms with van der Waals surface area (Å²) in [6, 6.07) is 6.66. The highest BCUT2D eigenvalue weighted by atomic mass is 16.6. The standard InChI is InChI=1S/C9H13BO4/c1-2-7-13-8-3-5-9(6-4-8)14-10(11)12/h3-6,11-12H,2,7H2,1H3. The second kappa shape index (κ2) is 5.52. The van der Waals surface area contributed by atoms with E-state index in [1.54, 1.807) is 24.3 Å². The fourth-order valence-electron chi connectivity index (χ4n) is 0.956. The molecule has 0 bridgehead atoms. The van der Waals surface area contributed by atoms with Crippen molar-refractivity contribution in [2.24, 2.45) is 0 Å². The maximum atomic E-state index is 8.52. The summed E-state index contributed by atoms with van der Waals surface area (Å²) >= 11 is 0. The minimum atomic E-state index is -1.78. The van der Waals surface area contributed by atoms with Crippen LogP contribution in [-0.2, 0) is 0 Å². The van der Waals surface area contributed by atoms with Gasteiger partial charge in [-0.25, -0.2) is 0 Å². The van der Waals surface area contributed by atoms with Gasteiger partial charge in [0.2, 0.25) is 0 Å². The summed E-state index contributed by atoms with van der Waals surface area (Å²) in [6.45, 7) is 2.70. The quantitative estimate of drug-likeness (QED) is 0.684. The molecule has 0 aliphatic carbocycles. The van der Waals surface area contributed by atoms with Crippen molar-refractivity contribution in [2.75, 3.05) is 6.61 Å². The van der Waals surface area contributed by atoms with Crippen LogP contribution in [0.1, 0.15) is 13.3 Å². The van der Waals surface area contributed by atoms with Gasteiger partial charge in [0.05, 0.1) is 6.61 Å². The SMILES string of the molecule is CCCOc1ccc(OB(O)O)cc1. The van der Waals surface area contributed by atoms with Gasteiger partial charge in [-0.2, -0.15) is 0 Å². The Bertz CT molecular complexity index is 260. The normalized spacial score (nSPS) is 9.64. The Morgan fingerprint density at radius 3 is 2.21 bits per heavy atom. The molecule has 0 unspecified atom stereocenters. The van der Waals surface area contributed by atoms with Crippen LogP contribution in [0.5, 0.6) is 11.5 Å². The minimum absolute atomic E-state index is 0.392. The van der Waals surface area contributed by atoms with E-state index in [9.17, 15) is 0 Å². The predicted molar refractivity (Wildman–Crippen MR) is 53.0 cm³/mol. The first-order chi connectivity index (χ1) is 6.72. The molecule has 0 spiro atoms. The predicted octanol–water partition coefficient (Wildman–Crippen LogP) is 0.824. The zero-order valence-corrected chi connectivity index (χ0v) is 8.01. The molecule has 0 amide bonds. The Kier molecular flexibility index (Phi) is 4.29. The van der Waals surface area contributed by atoms with Gasteiger partial charge in [0, 0.05) is 0 Å². The molecule has 1 aromatic carbocycles. The largest absolute Gasteiger partial charge is 0.707 e. The van der Waals surface area contributed by atoms with Gasteiger partial charge < -0.3 is 19.4 Å². The van der Waals surface area contributed by atoms with Crippen molar-refractivity contribution in [3.8, 4) is 11.5 Å². The number of hydrogen-bond donors (Lipinski definition) is 2. The zero-order valence-electron chi connectivity index (χ0n) is 8.01. The molecule has 0 aromatic heterocycles. The zero-order chi connectivity index (χ0) is 10.4. The molecule has 4 nitrogen and oxygen atoms in total. The summed E-state index contributed by atoms with van der Waals surface area (Å²) in [5.41, 5.74) is 0. The molecule has 0 aliphatic rings. The van der Waals surface area contributed by atoms with Crippen molar-refractivity contribution in [2.45, 2.75) is 13.3 Å². The average molecular weight is 196 g/mol. The van der Waals surface area contributed by atoms with Gasteiger partial charge in [-0.05, 0) is 30.7 Å². The monoisotopic (exact) mass is 196 g/mol. The molecule has 0 aliphatic heterocycles. The van der Waals surface area contributed by atoms with Crippen LogP contribution in [0.2, 0.25) is 0 Å². The number of rotatable bonds is 5. The molecular formula is C9H13BO4. The van der Waals surface area contributed by atoms with Crippen molar-refractivity contribution in [3.05, 3.63) is 24.3 Å². The van der Waals surface area contributed by atoms with E-state index in [2.05, 4.69) is 4.65 Å². The lowest BCUT2D eigenvalue weighted by Crippen LogP contribution is -2.20. The fourth-order valence-corrected chi connectivity index (χ4v) is 0.956. The van der Waals surface area contributed by atoms with E-state index in [0.29, 0.717) is 12.4 Å². The first-order valence-corrected chi connectivity index (χ1v) is 4.48. The lowest BCUT2D eigenvalue weighted by Gasteiger charge is -2.06. The van der Waals surface area contributed by atoms with E-state index >= 15 is 0 Å². The Labute approximate surface area is 83.3 Å². The van der Waals surface area contributed by atoms with E-state index in [4.69, 9.17) is 14.8 Å². The van der Waals surface area contributed by atoms with E-state index < -0.39 is 7.32 Å². The molecule has 0 radical (unpaired) electrons. The highest BCUT2D eigenvalue weighted by Crippen LogP contribution is 2.17. The van der Waals surface area contributed by atoms with Crippen LogP contribution >= 0.6 is 0 Å². The molecule has 1 rings (SSSR count). The van der Waals surface area contributed by atoms with Crippen molar-refractivity contribution in [3.63, 3.8) is 0 Å². The molecular weight excluding hydrogens is 183 g/mol. The van der Waals surface area contributed by atoms with E-state index in [1.165, 1.54) is 0 Å². The average Bonchev–Trinajstić information content (AvgIpc) is 2.16. The Morgan fingerprint density at radius 2 is 1.71 bits per heavy atom. The highest BCUT2D eigenvalue weighted by Gasteiger charge is 2.10.